The van der Waals surface area contributed by atoms with E-state index >= 15 is 0 Å². The molecular weight excluding hydrogens is 214 g/mol. The fourth-order valence-electron chi connectivity index (χ4n) is 1.75. The predicted octanol–water partition coefficient (Wildman–Crippen LogP) is 1.66. The molecule has 1 saturated heterocycles. The zero-order chi connectivity index (χ0) is 9.97. The molecule has 1 fully saturated rings. The van der Waals surface area contributed by atoms with E-state index in [1.807, 2.05) is 18.0 Å². The topological polar surface area (TPSA) is 42.2 Å². The van der Waals surface area contributed by atoms with Gasteiger partial charge in [0.25, 0.3) is 0 Å². The number of rotatable bonds is 3. The molecule has 1 unspecified atom stereocenters. The van der Waals surface area contributed by atoms with Gasteiger partial charge in [-0.15, -0.1) is 11.3 Å². The van der Waals surface area contributed by atoms with Crippen molar-refractivity contribution < 1.29 is 0 Å². The average molecular weight is 229 g/mol. The van der Waals surface area contributed by atoms with E-state index in [4.69, 9.17) is 5.73 Å². The van der Waals surface area contributed by atoms with Crippen LogP contribution >= 0.6 is 23.1 Å². The summed E-state index contributed by atoms with van der Waals surface area (Å²) in [5.41, 5.74) is 5.59. The zero-order valence-electron chi connectivity index (χ0n) is 8.27. The number of thiazole rings is 1. The molecule has 2 heterocycles. The minimum atomic E-state index is 0.681. The van der Waals surface area contributed by atoms with Gasteiger partial charge in [-0.3, -0.25) is 4.90 Å². The second-order valence-corrected chi connectivity index (χ2v) is 5.83. The van der Waals surface area contributed by atoms with Crippen LogP contribution in [0.4, 0.5) is 5.13 Å². The van der Waals surface area contributed by atoms with E-state index in [2.05, 4.69) is 16.1 Å². The van der Waals surface area contributed by atoms with Crippen molar-refractivity contribution in [2.75, 3.05) is 25.1 Å². The summed E-state index contributed by atoms with van der Waals surface area (Å²) < 4.78 is 0. The Hall–Kier alpha value is -0.260. The Morgan fingerprint density at radius 1 is 1.79 bits per heavy atom. The summed E-state index contributed by atoms with van der Waals surface area (Å²) >= 11 is 3.57. The first-order valence-corrected chi connectivity index (χ1v) is 6.83. The van der Waals surface area contributed by atoms with E-state index in [1.54, 1.807) is 11.3 Å². The number of hydrogen-bond acceptors (Lipinski definition) is 5. The maximum absolute atomic E-state index is 5.59. The van der Waals surface area contributed by atoms with Crippen molar-refractivity contribution in [3.8, 4) is 0 Å². The summed E-state index contributed by atoms with van der Waals surface area (Å²) in [6.45, 7) is 3.44. The molecule has 0 bridgehead atoms. The highest BCUT2D eigenvalue weighted by Gasteiger charge is 2.21. The van der Waals surface area contributed by atoms with Crippen LogP contribution in [0.15, 0.2) is 6.20 Å². The Bertz CT molecular complexity index is 300. The summed E-state index contributed by atoms with van der Waals surface area (Å²) in [6.07, 6.45) is 5.40. The second kappa shape index (κ2) is 4.51. The van der Waals surface area contributed by atoms with Crippen LogP contribution in [-0.4, -0.2) is 34.5 Å². The molecule has 3 nitrogen and oxygen atoms in total. The summed E-state index contributed by atoms with van der Waals surface area (Å²) in [7, 11) is 0. The van der Waals surface area contributed by atoms with Crippen molar-refractivity contribution in [1.29, 1.82) is 0 Å². The van der Waals surface area contributed by atoms with Crippen molar-refractivity contribution >= 4 is 28.2 Å². The van der Waals surface area contributed by atoms with Gasteiger partial charge in [-0.2, -0.15) is 11.8 Å². The molecule has 0 aliphatic carbocycles. The Morgan fingerprint density at radius 3 is 3.21 bits per heavy atom. The van der Waals surface area contributed by atoms with E-state index in [0.717, 1.165) is 11.8 Å². The minimum absolute atomic E-state index is 0.681. The van der Waals surface area contributed by atoms with E-state index in [-0.39, 0.29) is 0 Å². The Morgan fingerprint density at radius 2 is 2.64 bits per heavy atom. The molecule has 78 valence electrons. The molecule has 0 amide bonds. The SMILES string of the molecule is CSC1CCN(Cc2cnc(N)s2)C1. The third kappa shape index (κ3) is 2.40. The highest BCUT2D eigenvalue weighted by molar-refractivity contribution is 7.99. The number of anilines is 1. The minimum Gasteiger partial charge on any atom is -0.375 e. The van der Waals surface area contributed by atoms with Crippen molar-refractivity contribution in [3.05, 3.63) is 11.1 Å². The molecule has 5 heteroatoms. The lowest BCUT2D eigenvalue weighted by Gasteiger charge is -2.13. The fourth-order valence-corrected chi connectivity index (χ4v) is 3.18. The van der Waals surface area contributed by atoms with E-state index in [1.165, 1.54) is 24.4 Å². The number of aromatic nitrogens is 1. The van der Waals surface area contributed by atoms with Crippen LogP contribution in [0, 0.1) is 0 Å². The summed E-state index contributed by atoms with van der Waals surface area (Å²) in [5.74, 6) is 0. The van der Waals surface area contributed by atoms with Gasteiger partial charge >= 0.3 is 0 Å². The fraction of sp³-hybridized carbons (Fsp3) is 0.667. The van der Waals surface area contributed by atoms with Crippen molar-refractivity contribution in [1.82, 2.24) is 9.88 Å². The van der Waals surface area contributed by atoms with Crippen LogP contribution in [-0.2, 0) is 6.54 Å². The van der Waals surface area contributed by atoms with Crippen LogP contribution < -0.4 is 5.73 Å². The van der Waals surface area contributed by atoms with Crippen LogP contribution in [0.25, 0.3) is 0 Å². The van der Waals surface area contributed by atoms with Crippen LogP contribution in [0.1, 0.15) is 11.3 Å². The summed E-state index contributed by atoms with van der Waals surface area (Å²) in [4.78, 5) is 7.82. The second-order valence-electron chi connectivity index (χ2n) is 3.55. The standard InChI is InChI=1S/C9H15N3S2/c1-13-7-2-3-12(5-7)6-8-4-11-9(10)14-8/h4,7H,2-3,5-6H2,1H3,(H2,10,11). The molecule has 1 aromatic heterocycles. The molecule has 1 atom stereocenters. The number of nitrogens with zero attached hydrogens (tertiary/aromatic N) is 2. The molecule has 0 radical (unpaired) electrons. The number of thioether (sulfide) groups is 1. The molecule has 14 heavy (non-hydrogen) atoms. The highest BCUT2D eigenvalue weighted by atomic mass is 32.2. The third-order valence-electron chi connectivity index (χ3n) is 2.51. The van der Waals surface area contributed by atoms with E-state index < -0.39 is 0 Å². The van der Waals surface area contributed by atoms with Crippen molar-refractivity contribution in [2.24, 2.45) is 0 Å². The maximum atomic E-state index is 5.59. The number of nitrogen functional groups attached to an aromatic ring is 1. The van der Waals surface area contributed by atoms with Gasteiger partial charge in [-0.05, 0) is 19.2 Å². The molecule has 0 aromatic carbocycles. The van der Waals surface area contributed by atoms with Crippen molar-refractivity contribution in [2.45, 2.75) is 18.2 Å². The number of hydrogen-bond donors (Lipinski definition) is 1. The predicted molar refractivity (Wildman–Crippen MR) is 63.7 cm³/mol. The van der Waals surface area contributed by atoms with Gasteiger partial charge in [0.05, 0.1) is 0 Å². The lowest BCUT2D eigenvalue weighted by Crippen LogP contribution is -2.19. The molecular formula is C9H15N3S2. The first-order valence-electron chi connectivity index (χ1n) is 4.73. The van der Waals surface area contributed by atoms with Gasteiger partial charge in [0.2, 0.25) is 0 Å². The molecule has 1 aliphatic heterocycles. The monoisotopic (exact) mass is 229 g/mol. The van der Waals surface area contributed by atoms with Gasteiger partial charge in [0, 0.05) is 29.4 Å². The molecule has 1 aliphatic rings. The normalized spacial score (nSPS) is 23.1. The van der Waals surface area contributed by atoms with Gasteiger partial charge in [0.15, 0.2) is 5.13 Å². The van der Waals surface area contributed by atoms with Gasteiger partial charge in [-0.1, -0.05) is 0 Å². The zero-order valence-corrected chi connectivity index (χ0v) is 9.90. The Labute approximate surface area is 92.7 Å². The van der Waals surface area contributed by atoms with Gasteiger partial charge in [-0.25, -0.2) is 4.98 Å². The lowest BCUT2D eigenvalue weighted by atomic mass is 10.4. The van der Waals surface area contributed by atoms with Gasteiger partial charge < -0.3 is 5.73 Å². The quantitative estimate of drug-likeness (QED) is 0.856. The largest absolute Gasteiger partial charge is 0.375 e. The number of nitrogens with two attached hydrogens (primary N) is 1. The van der Waals surface area contributed by atoms with Crippen LogP contribution in [0.5, 0.6) is 0 Å². The molecule has 1 aromatic rings. The smallest absolute Gasteiger partial charge is 0.180 e. The summed E-state index contributed by atoms with van der Waals surface area (Å²) in [5, 5.41) is 1.50. The number of likely N-dealkylation sites (tertiary alicyclic amines) is 1. The van der Waals surface area contributed by atoms with Crippen LogP contribution in [0.2, 0.25) is 0 Å². The van der Waals surface area contributed by atoms with Crippen LogP contribution in [0.3, 0.4) is 0 Å². The molecule has 0 saturated carbocycles. The highest BCUT2D eigenvalue weighted by Crippen LogP contribution is 2.23. The lowest BCUT2D eigenvalue weighted by molar-refractivity contribution is 0.335. The van der Waals surface area contributed by atoms with Crippen molar-refractivity contribution in [3.63, 3.8) is 0 Å². The average Bonchev–Trinajstić information content (AvgIpc) is 2.76. The molecule has 2 N–H and O–H groups in total. The Balaban J connectivity index is 1.87. The van der Waals surface area contributed by atoms with E-state index in [9.17, 15) is 0 Å². The van der Waals surface area contributed by atoms with E-state index in [0.29, 0.717) is 5.13 Å². The molecule has 2 rings (SSSR count). The first-order chi connectivity index (χ1) is 6.78. The third-order valence-corrected chi connectivity index (χ3v) is 4.38. The summed E-state index contributed by atoms with van der Waals surface area (Å²) in [6, 6.07) is 0. The van der Waals surface area contributed by atoms with Gasteiger partial charge in [0.1, 0.15) is 0 Å². The molecule has 0 spiro atoms. The maximum Gasteiger partial charge on any atom is 0.180 e. The first kappa shape index (κ1) is 10.3. The Kier molecular flexibility index (Phi) is 3.30.